The fraction of sp³-hybridized carbons (Fsp3) is 0.389. The van der Waals surface area contributed by atoms with Gasteiger partial charge in [-0.2, -0.15) is 0 Å². The van der Waals surface area contributed by atoms with Crippen molar-refractivity contribution in [3.05, 3.63) is 52.1 Å². The van der Waals surface area contributed by atoms with Gasteiger partial charge in [0, 0.05) is 50.6 Å². The van der Waals surface area contributed by atoms with Crippen LogP contribution in [0, 0.1) is 16.0 Å². The van der Waals surface area contributed by atoms with Gasteiger partial charge in [0.05, 0.1) is 4.92 Å². The second-order valence-corrected chi connectivity index (χ2v) is 6.78. The average molecular weight is 371 g/mol. The summed E-state index contributed by atoms with van der Waals surface area (Å²) in [4.78, 5) is 40.8. The molecule has 2 heterocycles. The first-order valence-corrected chi connectivity index (χ1v) is 8.70. The molecule has 0 aliphatic carbocycles. The van der Waals surface area contributed by atoms with Crippen LogP contribution in [0.4, 0.5) is 11.4 Å². The molecule has 1 saturated heterocycles. The summed E-state index contributed by atoms with van der Waals surface area (Å²) in [5, 5.41) is 11.6. The van der Waals surface area contributed by atoms with Crippen LogP contribution in [0.2, 0.25) is 0 Å². The lowest BCUT2D eigenvalue weighted by Gasteiger charge is -2.33. The summed E-state index contributed by atoms with van der Waals surface area (Å²) in [7, 11) is 1.69. The van der Waals surface area contributed by atoms with E-state index in [1.54, 1.807) is 29.9 Å². The van der Waals surface area contributed by atoms with Crippen LogP contribution in [0.25, 0.3) is 0 Å². The normalized spacial score (nSPS) is 16.9. The minimum absolute atomic E-state index is 0.0738. The van der Waals surface area contributed by atoms with E-state index in [9.17, 15) is 19.7 Å². The number of anilines is 1. The number of piperidine rings is 1. The van der Waals surface area contributed by atoms with Crippen LogP contribution in [0.3, 0.4) is 0 Å². The van der Waals surface area contributed by atoms with Crippen LogP contribution in [0.15, 0.2) is 30.6 Å². The molecule has 0 spiro atoms. The van der Waals surface area contributed by atoms with Crippen molar-refractivity contribution in [3.63, 3.8) is 0 Å². The number of primary amides is 1. The van der Waals surface area contributed by atoms with Gasteiger partial charge >= 0.3 is 0 Å². The zero-order chi connectivity index (χ0) is 19.6. The Morgan fingerprint density at radius 1 is 1.41 bits per heavy atom. The van der Waals surface area contributed by atoms with Crippen molar-refractivity contribution in [2.24, 2.45) is 18.7 Å². The molecule has 142 valence electrons. The topological polar surface area (TPSA) is 124 Å². The Kier molecular flexibility index (Phi) is 5.20. The number of rotatable bonds is 6. The number of nitro benzene ring substituents is 1. The van der Waals surface area contributed by atoms with Gasteiger partial charge in [-0.3, -0.25) is 19.7 Å². The first-order valence-electron chi connectivity index (χ1n) is 8.70. The van der Waals surface area contributed by atoms with Crippen molar-refractivity contribution in [1.29, 1.82) is 0 Å². The Hall–Kier alpha value is -3.23. The van der Waals surface area contributed by atoms with Crippen LogP contribution < -0.4 is 10.6 Å². The summed E-state index contributed by atoms with van der Waals surface area (Å²) in [5.41, 5.74) is 5.82. The molecule has 1 aromatic heterocycles. The molecule has 3 rings (SSSR count). The predicted molar refractivity (Wildman–Crippen MR) is 98.5 cm³/mol. The molecule has 9 heteroatoms. The van der Waals surface area contributed by atoms with E-state index in [2.05, 4.69) is 4.98 Å². The first kappa shape index (κ1) is 18.6. The van der Waals surface area contributed by atoms with E-state index in [0.29, 0.717) is 18.8 Å². The molecule has 1 unspecified atom stereocenters. The van der Waals surface area contributed by atoms with Crippen LogP contribution >= 0.6 is 0 Å². The third-order valence-electron chi connectivity index (χ3n) is 4.81. The number of imidazole rings is 1. The lowest BCUT2D eigenvalue weighted by molar-refractivity contribution is -0.384. The molecule has 1 aliphatic rings. The molecule has 9 nitrogen and oxygen atoms in total. The summed E-state index contributed by atoms with van der Waals surface area (Å²) < 4.78 is 1.57. The lowest BCUT2D eigenvalue weighted by atomic mass is 9.94. The fourth-order valence-corrected chi connectivity index (χ4v) is 3.53. The highest BCUT2D eigenvalue weighted by Gasteiger charge is 2.28. The number of nitrogens with two attached hydrogens (primary N) is 1. The highest BCUT2D eigenvalue weighted by atomic mass is 16.6. The number of hydrogen-bond acceptors (Lipinski definition) is 6. The van der Waals surface area contributed by atoms with E-state index in [1.807, 2.05) is 4.90 Å². The summed E-state index contributed by atoms with van der Waals surface area (Å²) >= 11 is 0. The standard InChI is InChI=1S/C18H21N5O4/c1-21-8-6-20-18(21)17(25)13-4-5-14(15(10-13)23(26)27)22-7-2-3-12(11-22)9-16(19)24/h4-6,8,10,12H,2-3,7,9,11H2,1H3,(H2,19,24). The number of benzene rings is 1. The van der Waals surface area contributed by atoms with Gasteiger partial charge in [-0.05, 0) is 30.9 Å². The van der Waals surface area contributed by atoms with E-state index >= 15 is 0 Å². The first-order chi connectivity index (χ1) is 12.9. The third kappa shape index (κ3) is 3.97. The van der Waals surface area contributed by atoms with Gasteiger partial charge in [-0.15, -0.1) is 0 Å². The number of aryl methyl sites for hydroxylation is 1. The number of aromatic nitrogens is 2. The molecule has 0 bridgehead atoms. The number of ketones is 1. The maximum Gasteiger partial charge on any atom is 0.293 e. The van der Waals surface area contributed by atoms with Gasteiger partial charge in [0.15, 0.2) is 5.82 Å². The lowest BCUT2D eigenvalue weighted by Crippen LogP contribution is -2.37. The average Bonchev–Trinajstić information content (AvgIpc) is 3.06. The summed E-state index contributed by atoms with van der Waals surface area (Å²) in [6, 6.07) is 4.47. The van der Waals surface area contributed by atoms with E-state index in [-0.39, 0.29) is 41.1 Å². The van der Waals surface area contributed by atoms with Crippen molar-refractivity contribution in [2.45, 2.75) is 19.3 Å². The molecule has 0 radical (unpaired) electrons. The Labute approximate surface area is 155 Å². The largest absolute Gasteiger partial charge is 0.370 e. The molecule has 2 N–H and O–H groups in total. The number of nitrogens with zero attached hydrogens (tertiary/aromatic N) is 4. The van der Waals surface area contributed by atoms with E-state index in [0.717, 1.165) is 12.8 Å². The zero-order valence-electron chi connectivity index (χ0n) is 15.0. The maximum atomic E-state index is 12.6. The second-order valence-electron chi connectivity index (χ2n) is 6.78. The number of carbonyl (C=O) groups is 2. The van der Waals surface area contributed by atoms with Gasteiger partial charge in [0.2, 0.25) is 11.7 Å². The van der Waals surface area contributed by atoms with Crippen molar-refractivity contribution in [3.8, 4) is 0 Å². The predicted octanol–water partition coefficient (Wildman–Crippen LogP) is 1.65. The quantitative estimate of drug-likeness (QED) is 0.468. The molecule has 1 atom stereocenters. The van der Waals surface area contributed by atoms with E-state index in [1.165, 1.54) is 12.3 Å². The molecule has 1 amide bonds. The van der Waals surface area contributed by atoms with Gasteiger partial charge in [-0.25, -0.2) is 4.98 Å². The Balaban J connectivity index is 1.90. The monoisotopic (exact) mass is 371 g/mol. The minimum Gasteiger partial charge on any atom is -0.370 e. The van der Waals surface area contributed by atoms with Gasteiger partial charge < -0.3 is 15.2 Å². The van der Waals surface area contributed by atoms with Crippen LogP contribution in [0.1, 0.15) is 35.4 Å². The molecule has 2 aromatic rings. The minimum atomic E-state index is -0.484. The van der Waals surface area contributed by atoms with E-state index in [4.69, 9.17) is 5.73 Å². The van der Waals surface area contributed by atoms with Gasteiger partial charge in [-0.1, -0.05) is 0 Å². The Bertz CT molecular complexity index is 892. The summed E-state index contributed by atoms with van der Waals surface area (Å²) in [6.45, 7) is 1.18. The zero-order valence-corrected chi connectivity index (χ0v) is 15.0. The van der Waals surface area contributed by atoms with Crippen molar-refractivity contribution >= 4 is 23.1 Å². The highest BCUT2D eigenvalue weighted by molar-refractivity contribution is 6.07. The molecular formula is C18H21N5O4. The number of nitro groups is 1. The van der Waals surface area contributed by atoms with Crippen molar-refractivity contribution < 1.29 is 14.5 Å². The summed E-state index contributed by atoms with van der Waals surface area (Å²) in [6.07, 6.45) is 5.09. The molecular weight excluding hydrogens is 350 g/mol. The SMILES string of the molecule is Cn1ccnc1C(=O)c1ccc(N2CCCC(CC(N)=O)C2)c([N+](=O)[O-])c1. The molecule has 1 aliphatic heterocycles. The van der Waals surface area contributed by atoms with Crippen molar-refractivity contribution in [1.82, 2.24) is 9.55 Å². The second kappa shape index (κ2) is 7.56. The molecule has 0 saturated carbocycles. The molecule has 1 fully saturated rings. The van der Waals surface area contributed by atoms with E-state index < -0.39 is 4.92 Å². The van der Waals surface area contributed by atoms with Gasteiger partial charge in [0.25, 0.3) is 5.69 Å². The number of carbonyl (C=O) groups excluding carboxylic acids is 2. The Morgan fingerprint density at radius 2 is 2.19 bits per heavy atom. The third-order valence-corrected chi connectivity index (χ3v) is 4.81. The van der Waals surface area contributed by atoms with Crippen molar-refractivity contribution in [2.75, 3.05) is 18.0 Å². The summed E-state index contributed by atoms with van der Waals surface area (Å²) in [5.74, 6) is -0.448. The number of hydrogen-bond donors (Lipinski definition) is 1. The number of amides is 1. The van der Waals surface area contributed by atoms with Crippen LogP contribution in [0.5, 0.6) is 0 Å². The molecule has 27 heavy (non-hydrogen) atoms. The fourth-order valence-electron chi connectivity index (χ4n) is 3.53. The highest BCUT2D eigenvalue weighted by Crippen LogP contribution is 2.33. The smallest absolute Gasteiger partial charge is 0.293 e. The van der Waals surface area contributed by atoms with Crippen LogP contribution in [-0.2, 0) is 11.8 Å². The Morgan fingerprint density at radius 3 is 2.81 bits per heavy atom. The van der Waals surface area contributed by atoms with Crippen LogP contribution in [-0.4, -0.2) is 39.3 Å². The van der Waals surface area contributed by atoms with Gasteiger partial charge in [0.1, 0.15) is 5.69 Å². The maximum absolute atomic E-state index is 12.6. The molecule has 1 aromatic carbocycles.